The lowest BCUT2D eigenvalue weighted by Crippen LogP contribution is -2.40. The Labute approximate surface area is 413 Å². The molecule has 3 aliphatic carbocycles. The number of nitrogens with one attached hydrogen (secondary N) is 4. The number of carbonyl (C=O) groups excluding carboxylic acids is 5. The molecule has 16 heteroatoms. The van der Waals surface area contributed by atoms with Crippen molar-refractivity contribution in [2.45, 2.75) is 137 Å². The van der Waals surface area contributed by atoms with E-state index in [1.165, 1.54) is 25.1 Å². The number of aryl methyl sites for hydroxylation is 2. The summed E-state index contributed by atoms with van der Waals surface area (Å²) in [5.74, 6) is -1.21. The highest BCUT2D eigenvalue weighted by Crippen LogP contribution is 2.49. The molecule has 1 unspecified atom stereocenters. The Morgan fingerprint density at radius 1 is 0.606 bits per heavy atom. The smallest absolute Gasteiger partial charge is 0.337 e. The summed E-state index contributed by atoms with van der Waals surface area (Å²) < 4.78 is 0. The van der Waals surface area contributed by atoms with E-state index < -0.39 is 16.8 Å². The van der Waals surface area contributed by atoms with E-state index in [4.69, 9.17) is 10.1 Å². The lowest BCUT2D eigenvalue weighted by Gasteiger charge is -2.39. The number of carboxylic acids is 1. The molecule has 10 rings (SSSR count). The first-order chi connectivity index (χ1) is 33.3. The summed E-state index contributed by atoms with van der Waals surface area (Å²) in [5.41, 5.74) is 8.00. The summed E-state index contributed by atoms with van der Waals surface area (Å²) in [5, 5.41) is 14.6. The van der Waals surface area contributed by atoms with Crippen LogP contribution in [0.1, 0.15) is 186 Å². The number of nitrogens with zero attached hydrogens (tertiary/aromatic N) is 5. The zero-order valence-electron chi connectivity index (χ0n) is 42.4. The van der Waals surface area contributed by atoms with E-state index >= 15 is 0 Å². The van der Waals surface area contributed by atoms with Gasteiger partial charge in [0, 0.05) is 70.9 Å². The molecule has 7 heterocycles. The van der Waals surface area contributed by atoms with Crippen LogP contribution in [0.5, 0.6) is 0 Å². The van der Waals surface area contributed by atoms with Crippen molar-refractivity contribution in [1.82, 2.24) is 45.4 Å². The van der Waals surface area contributed by atoms with Crippen LogP contribution < -0.4 is 10.6 Å². The van der Waals surface area contributed by atoms with Crippen molar-refractivity contribution in [3.05, 3.63) is 117 Å². The Morgan fingerprint density at radius 3 is 1.49 bits per heavy atom. The Morgan fingerprint density at radius 2 is 1.06 bits per heavy atom. The van der Waals surface area contributed by atoms with Crippen molar-refractivity contribution in [3.8, 4) is 0 Å². The predicted octanol–water partition coefficient (Wildman–Crippen LogP) is 9.01. The number of aromatic nitrogens is 6. The molecule has 1 saturated carbocycles. The number of pyridine rings is 4. The van der Waals surface area contributed by atoms with Crippen LogP contribution in [0.3, 0.4) is 0 Å². The Hall–Kier alpha value is -7.10. The molecule has 372 valence electrons. The van der Waals surface area contributed by atoms with Gasteiger partial charge in [-0.15, -0.1) is 0 Å². The number of carboxylic acid groups (broad SMARTS) is 1. The van der Waals surface area contributed by atoms with Gasteiger partial charge < -0.3 is 30.6 Å². The summed E-state index contributed by atoms with van der Waals surface area (Å²) >= 11 is 0. The highest BCUT2D eigenvalue weighted by Gasteiger charge is 2.47. The summed E-state index contributed by atoms with van der Waals surface area (Å²) in [6.07, 6.45) is 9.52. The minimum absolute atomic E-state index is 0.0790. The van der Waals surface area contributed by atoms with Crippen LogP contribution in [0.25, 0.3) is 22.1 Å². The van der Waals surface area contributed by atoms with Gasteiger partial charge in [-0.3, -0.25) is 33.9 Å². The standard InChI is InChI=1S/C27H31N5O3.C21H27N3O2.C7H7NO2/c1-15-6-7-16(12-28-15)25(35)32-11-10-17(13-32)29-24(34)19-9-8-18-21(31-19)20-22(30-18)23(33)27(4,5)14-26(20,2)3;1-20(2)11-21(3,4)18(25)17-15(20)16-13(23-17)9-10-14(24-16)19(26)22-12-7-5-6-8-12;1-5-2-3-6(4-8-5)7(9)10/h6-9,12,17,30H,10-11,13-14H2,1-5H3,(H,29,34);9-10,12,23H,5-8,11H2,1-4H3,(H,22,26);2-4H,1H3,(H,9,10). The van der Waals surface area contributed by atoms with Crippen molar-refractivity contribution in [2.24, 2.45) is 10.8 Å². The molecule has 0 spiro atoms. The van der Waals surface area contributed by atoms with Crippen LogP contribution >= 0.6 is 0 Å². The maximum Gasteiger partial charge on any atom is 0.337 e. The van der Waals surface area contributed by atoms with E-state index in [-0.39, 0.29) is 57.8 Å². The lowest BCUT2D eigenvalue weighted by molar-refractivity contribution is 0.0694. The van der Waals surface area contributed by atoms with E-state index in [0.29, 0.717) is 59.8 Å². The highest BCUT2D eigenvalue weighted by molar-refractivity contribution is 6.08. The van der Waals surface area contributed by atoms with Gasteiger partial charge in [-0.05, 0) is 105 Å². The number of Topliss-reactive ketones (excluding diaryl/α,β-unsaturated/α-hetero) is 2. The van der Waals surface area contributed by atoms with Crippen LogP contribution in [-0.2, 0) is 10.8 Å². The van der Waals surface area contributed by atoms with Gasteiger partial charge in [0.2, 0.25) is 0 Å². The van der Waals surface area contributed by atoms with Crippen molar-refractivity contribution in [2.75, 3.05) is 13.1 Å². The Bertz CT molecular complexity index is 3080. The number of fused-ring (bicyclic) bond motifs is 6. The monoisotopic (exact) mass is 964 g/mol. The summed E-state index contributed by atoms with van der Waals surface area (Å²) in [6.45, 7) is 21.2. The molecule has 71 heavy (non-hydrogen) atoms. The zero-order chi connectivity index (χ0) is 51.4. The molecule has 0 aromatic carbocycles. The molecule has 2 fully saturated rings. The summed E-state index contributed by atoms with van der Waals surface area (Å²) in [6, 6.07) is 14.0. The first kappa shape index (κ1) is 50.3. The number of hydrogen-bond acceptors (Lipinski definition) is 10. The lowest BCUT2D eigenvalue weighted by atomic mass is 9.63. The highest BCUT2D eigenvalue weighted by atomic mass is 16.4. The third-order valence-corrected chi connectivity index (χ3v) is 14.4. The fourth-order valence-corrected chi connectivity index (χ4v) is 11.3. The van der Waals surface area contributed by atoms with Crippen molar-refractivity contribution in [1.29, 1.82) is 0 Å². The van der Waals surface area contributed by atoms with E-state index in [0.717, 1.165) is 58.3 Å². The van der Waals surface area contributed by atoms with E-state index in [1.807, 2.05) is 59.7 Å². The quantitative estimate of drug-likeness (QED) is 0.106. The van der Waals surface area contributed by atoms with Crippen LogP contribution in [0.4, 0.5) is 0 Å². The number of likely N-dealkylation sites (tertiary alicyclic amines) is 1. The maximum absolute atomic E-state index is 13.1. The second kappa shape index (κ2) is 18.9. The topological polar surface area (TPSA) is 233 Å². The van der Waals surface area contributed by atoms with Gasteiger partial charge in [-0.25, -0.2) is 14.8 Å². The number of aromatic amines is 2. The molecule has 0 bridgehead atoms. The van der Waals surface area contributed by atoms with Gasteiger partial charge in [0.1, 0.15) is 11.4 Å². The fraction of sp³-hybridized carbons (Fsp3) is 0.455. The average Bonchev–Trinajstić information content (AvgIpc) is 4.14. The number of aromatic carboxylic acids is 1. The van der Waals surface area contributed by atoms with Gasteiger partial charge in [-0.2, -0.15) is 0 Å². The third kappa shape index (κ3) is 10.2. The molecular formula is C55H65N9O7. The summed E-state index contributed by atoms with van der Waals surface area (Å²) in [7, 11) is 0. The number of rotatable bonds is 6. The molecule has 1 saturated heterocycles. The number of ketones is 2. The fourth-order valence-electron chi connectivity index (χ4n) is 11.3. The third-order valence-electron chi connectivity index (χ3n) is 14.4. The second-order valence-corrected chi connectivity index (χ2v) is 22.3. The van der Waals surface area contributed by atoms with Crippen molar-refractivity contribution in [3.63, 3.8) is 0 Å². The predicted molar refractivity (Wildman–Crippen MR) is 270 cm³/mol. The first-order valence-corrected chi connectivity index (χ1v) is 24.5. The van der Waals surface area contributed by atoms with Crippen LogP contribution in [0.2, 0.25) is 0 Å². The molecular weight excluding hydrogens is 899 g/mol. The van der Waals surface area contributed by atoms with Crippen LogP contribution in [0.15, 0.2) is 60.9 Å². The Kier molecular flexibility index (Phi) is 13.4. The number of hydrogen-bond donors (Lipinski definition) is 5. The van der Waals surface area contributed by atoms with Gasteiger partial charge >= 0.3 is 5.97 Å². The van der Waals surface area contributed by atoms with E-state index in [1.54, 1.807) is 35.4 Å². The van der Waals surface area contributed by atoms with Gasteiger partial charge in [0.25, 0.3) is 17.7 Å². The van der Waals surface area contributed by atoms with Crippen LogP contribution in [0, 0.1) is 24.7 Å². The van der Waals surface area contributed by atoms with E-state index in [9.17, 15) is 28.8 Å². The SMILES string of the molecule is CC1(C)CC(C)(C)c2c([nH]c3ccc(C(=O)NC4CCCC4)nc23)C1=O.Cc1ccc(C(=O)N2CCC(NC(=O)c3ccc4[nH]c5c(c4n3)C(C)(C)CC(C)(C)C5=O)C2)cn1.Cc1ccc(C(=O)O)cn1. The largest absolute Gasteiger partial charge is 0.478 e. The van der Waals surface area contributed by atoms with E-state index in [2.05, 4.69) is 63.2 Å². The maximum atomic E-state index is 13.1. The first-order valence-electron chi connectivity index (χ1n) is 24.5. The number of carbonyl (C=O) groups is 6. The molecule has 4 aliphatic rings. The zero-order valence-corrected chi connectivity index (χ0v) is 42.4. The molecule has 16 nitrogen and oxygen atoms in total. The average molecular weight is 964 g/mol. The van der Waals surface area contributed by atoms with Gasteiger partial charge in [-0.1, -0.05) is 68.2 Å². The molecule has 6 aromatic rings. The Balaban J connectivity index is 0.000000164. The normalized spacial score (nSPS) is 19.5. The van der Waals surface area contributed by atoms with Gasteiger partial charge in [0.05, 0.1) is 44.6 Å². The van der Waals surface area contributed by atoms with Crippen LogP contribution in [-0.4, -0.2) is 100 Å². The summed E-state index contributed by atoms with van der Waals surface area (Å²) in [4.78, 5) is 100. The second-order valence-electron chi connectivity index (χ2n) is 22.3. The molecule has 1 atom stereocenters. The molecule has 0 radical (unpaired) electrons. The minimum atomic E-state index is -0.937. The van der Waals surface area contributed by atoms with Crippen molar-refractivity contribution >= 4 is 57.3 Å². The number of H-pyrrole nitrogens is 2. The number of amides is 3. The van der Waals surface area contributed by atoms with Gasteiger partial charge in [0.15, 0.2) is 11.6 Å². The molecule has 1 aliphatic heterocycles. The minimum Gasteiger partial charge on any atom is -0.478 e. The molecule has 5 N–H and O–H groups in total. The van der Waals surface area contributed by atoms with Crippen molar-refractivity contribution < 1.29 is 33.9 Å². The molecule has 3 amide bonds. The molecule has 6 aromatic heterocycles.